The van der Waals surface area contributed by atoms with Crippen molar-refractivity contribution in [2.24, 2.45) is 0 Å². The maximum absolute atomic E-state index is 12.3. The molecule has 1 saturated heterocycles. The summed E-state index contributed by atoms with van der Waals surface area (Å²) in [6.45, 7) is 2.27. The first kappa shape index (κ1) is 16.6. The molecule has 7 heteroatoms. The maximum Gasteiger partial charge on any atom is 0.243 e. The van der Waals surface area contributed by atoms with Gasteiger partial charge >= 0.3 is 0 Å². The van der Waals surface area contributed by atoms with E-state index in [1.807, 2.05) is 0 Å². The van der Waals surface area contributed by atoms with Crippen molar-refractivity contribution < 1.29 is 19.4 Å². The van der Waals surface area contributed by atoms with Crippen LogP contribution in [0.15, 0.2) is 24.3 Å². The van der Waals surface area contributed by atoms with Crippen LogP contribution in [0.1, 0.15) is 17.9 Å². The van der Waals surface area contributed by atoms with Gasteiger partial charge in [-0.2, -0.15) is 0 Å². The maximum atomic E-state index is 12.3. The van der Waals surface area contributed by atoms with Gasteiger partial charge in [-0.1, -0.05) is 18.2 Å². The number of phenolic OH excluding ortho intramolecular Hbond substituents is 1. The second kappa shape index (κ2) is 7.51. The first-order valence-corrected chi connectivity index (χ1v) is 8.06. The zero-order chi connectivity index (χ0) is 16.1. The van der Waals surface area contributed by atoms with Crippen molar-refractivity contribution in [3.05, 3.63) is 29.8 Å². The Morgan fingerprint density at radius 2 is 2.18 bits per heavy atom. The number of ether oxygens (including phenoxy) is 1. The molecule has 6 nitrogen and oxygen atoms in total. The van der Waals surface area contributed by atoms with Crippen LogP contribution in [0.4, 0.5) is 0 Å². The van der Waals surface area contributed by atoms with Crippen molar-refractivity contribution in [1.82, 2.24) is 10.2 Å². The molecule has 0 radical (unpaired) electrons. The summed E-state index contributed by atoms with van der Waals surface area (Å²) >= 11 is 1.47. The van der Waals surface area contributed by atoms with E-state index in [1.54, 1.807) is 31.4 Å². The number of carbonyl (C=O) groups is 2. The van der Waals surface area contributed by atoms with Crippen LogP contribution in [-0.2, 0) is 14.3 Å². The second-order valence-corrected chi connectivity index (χ2v) is 6.08. The average Bonchev–Trinajstić information content (AvgIpc) is 2.93. The van der Waals surface area contributed by atoms with Gasteiger partial charge in [-0.15, -0.1) is 11.8 Å². The van der Waals surface area contributed by atoms with Crippen LogP contribution >= 0.6 is 11.8 Å². The van der Waals surface area contributed by atoms with Gasteiger partial charge in [0.1, 0.15) is 17.2 Å². The van der Waals surface area contributed by atoms with Crippen molar-refractivity contribution in [2.45, 2.75) is 18.3 Å². The second-order valence-electron chi connectivity index (χ2n) is 4.97. The Hall–Kier alpha value is -1.73. The van der Waals surface area contributed by atoms with Gasteiger partial charge in [-0.25, -0.2) is 0 Å². The number of para-hydroxylation sites is 1. The van der Waals surface area contributed by atoms with Crippen molar-refractivity contribution in [3.8, 4) is 5.75 Å². The fourth-order valence-corrected chi connectivity index (χ4v) is 3.93. The molecule has 0 aromatic heterocycles. The molecule has 1 aromatic rings. The number of aromatic hydroxyl groups is 1. The summed E-state index contributed by atoms with van der Waals surface area (Å²) in [4.78, 5) is 25.8. The smallest absolute Gasteiger partial charge is 0.243 e. The number of hydrogen-bond donors (Lipinski definition) is 2. The Kier molecular flexibility index (Phi) is 5.68. The Morgan fingerprint density at radius 3 is 2.82 bits per heavy atom. The SMILES string of the molecule is COCCNC(=O)[C@H]1CS[C@@H](c2ccccc2O)N1C(C)=O. The van der Waals surface area contributed by atoms with E-state index >= 15 is 0 Å². The average molecular weight is 324 g/mol. The van der Waals surface area contributed by atoms with E-state index in [4.69, 9.17) is 4.74 Å². The molecular formula is C15H20N2O4S. The van der Waals surface area contributed by atoms with E-state index in [0.717, 1.165) is 0 Å². The highest BCUT2D eigenvalue weighted by molar-refractivity contribution is 7.99. The monoisotopic (exact) mass is 324 g/mol. The molecule has 1 aromatic carbocycles. The summed E-state index contributed by atoms with van der Waals surface area (Å²) in [5, 5.41) is 12.4. The molecule has 22 heavy (non-hydrogen) atoms. The molecule has 1 fully saturated rings. The van der Waals surface area contributed by atoms with Crippen molar-refractivity contribution in [3.63, 3.8) is 0 Å². The van der Waals surface area contributed by atoms with Crippen LogP contribution in [0.25, 0.3) is 0 Å². The summed E-state index contributed by atoms with van der Waals surface area (Å²) in [5.41, 5.74) is 0.648. The first-order chi connectivity index (χ1) is 10.6. The predicted molar refractivity (Wildman–Crippen MR) is 84.5 cm³/mol. The Bertz CT molecular complexity index is 552. The lowest BCUT2D eigenvalue weighted by molar-refractivity contribution is -0.138. The number of rotatable bonds is 5. The van der Waals surface area contributed by atoms with Gasteiger partial charge in [-0.3, -0.25) is 9.59 Å². The minimum Gasteiger partial charge on any atom is -0.508 e. The van der Waals surface area contributed by atoms with E-state index in [2.05, 4.69) is 5.32 Å². The Morgan fingerprint density at radius 1 is 1.45 bits per heavy atom. The van der Waals surface area contributed by atoms with Crippen molar-refractivity contribution in [2.75, 3.05) is 26.0 Å². The molecule has 1 aliphatic heterocycles. The van der Waals surface area contributed by atoms with Gasteiger partial charge in [0.15, 0.2) is 0 Å². The summed E-state index contributed by atoms with van der Waals surface area (Å²) in [6, 6.07) is 6.35. The predicted octanol–water partition coefficient (Wildman–Crippen LogP) is 1.12. The lowest BCUT2D eigenvalue weighted by Crippen LogP contribution is -2.47. The van der Waals surface area contributed by atoms with Gasteiger partial charge in [0.2, 0.25) is 11.8 Å². The number of thioether (sulfide) groups is 1. The number of nitrogens with zero attached hydrogens (tertiary/aromatic N) is 1. The molecule has 0 bridgehead atoms. The Labute approximate surface area is 133 Å². The molecule has 120 valence electrons. The van der Waals surface area contributed by atoms with Crippen LogP contribution in [0.2, 0.25) is 0 Å². The lowest BCUT2D eigenvalue weighted by Gasteiger charge is -2.28. The Balaban J connectivity index is 2.16. The molecule has 2 amide bonds. The van der Waals surface area contributed by atoms with Crippen LogP contribution < -0.4 is 5.32 Å². The number of benzene rings is 1. The molecule has 0 saturated carbocycles. The normalized spacial score (nSPS) is 20.9. The number of hydrogen-bond acceptors (Lipinski definition) is 5. The third-order valence-corrected chi connectivity index (χ3v) is 4.78. The fraction of sp³-hybridized carbons (Fsp3) is 0.467. The summed E-state index contributed by atoms with van der Waals surface area (Å²) < 4.78 is 4.90. The highest BCUT2D eigenvalue weighted by Crippen LogP contribution is 2.44. The summed E-state index contributed by atoms with van der Waals surface area (Å²) in [6.07, 6.45) is 0. The molecule has 0 unspecified atom stereocenters. The standard InChI is InChI=1S/C15H20N2O4S/c1-10(18)17-12(14(20)16-7-8-21-2)9-22-15(17)11-5-3-4-6-13(11)19/h3-6,12,15,19H,7-9H2,1-2H3,(H,16,20)/t12-,15+/m1/s1. The van der Waals surface area contributed by atoms with Crippen LogP contribution in [0, 0.1) is 0 Å². The number of carbonyl (C=O) groups excluding carboxylic acids is 2. The zero-order valence-corrected chi connectivity index (χ0v) is 13.4. The van der Waals surface area contributed by atoms with Gasteiger partial charge < -0.3 is 20.1 Å². The molecule has 1 aliphatic rings. The third kappa shape index (κ3) is 3.53. The summed E-state index contributed by atoms with van der Waals surface area (Å²) in [5.74, 6) is 0.242. The van der Waals surface area contributed by atoms with Crippen molar-refractivity contribution >= 4 is 23.6 Å². The lowest BCUT2D eigenvalue weighted by atomic mass is 10.1. The zero-order valence-electron chi connectivity index (χ0n) is 12.6. The number of methoxy groups -OCH3 is 1. The molecule has 2 N–H and O–H groups in total. The van der Waals surface area contributed by atoms with E-state index in [-0.39, 0.29) is 22.9 Å². The van der Waals surface area contributed by atoms with Crippen LogP contribution in [0.3, 0.4) is 0 Å². The third-order valence-electron chi connectivity index (χ3n) is 3.47. The molecule has 2 rings (SSSR count). The van der Waals surface area contributed by atoms with Crippen molar-refractivity contribution in [1.29, 1.82) is 0 Å². The highest BCUT2D eigenvalue weighted by atomic mass is 32.2. The molecule has 1 heterocycles. The van der Waals surface area contributed by atoms with E-state index in [1.165, 1.54) is 23.6 Å². The van der Waals surface area contributed by atoms with Crippen LogP contribution in [0.5, 0.6) is 5.75 Å². The van der Waals surface area contributed by atoms with E-state index < -0.39 is 6.04 Å². The van der Waals surface area contributed by atoms with Gasteiger partial charge in [-0.05, 0) is 6.07 Å². The molecular weight excluding hydrogens is 304 g/mol. The molecule has 0 aliphatic carbocycles. The quantitative estimate of drug-likeness (QED) is 0.794. The van der Waals surface area contributed by atoms with Gasteiger partial charge in [0, 0.05) is 31.9 Å². The topological polar surface area (TPSA) is 78.9 Å². The number of amides is 2. The van der Waals surface area contributed by atoms with E-state index in [0.29, 0.717) is 24.5 Å². The molecule has 0 spiro atoms. The van der Waals surface area contributed by atoms with E-state index in [9.17, 15) is 14.7 Å². The first-order valence-electron chi connectivity index (χ1n) is 7.01. The largest absolute Gasteiger partial charge is 0.508 e. The number of phenols is 1. The minimum absolute atomic E-state index is 0.131. The van der Waals surface area contributed by atoms with Gasteiger partial charge in [0.05, 0.1) is 6.61 Å². The minimum atomic E-state index is -0.538. The fourth-order valence-electron chi connectivity index (χ4n) is 2.42. The van der Waals surface area contributed by atoms with Crippen LogP contribution in [-0.4, -0.2) is 53.9 Å². The summed E-state index contributed by atoms with van der Waals surface area (Å²) in [7, 11) is 1.56. The molecule has 2 atom stereocenters. The highest BCUT2D eigenvalue weighted by Gasteiger charge is 2.41. The van der Waals surface area contributed by atoms with Gasteiger partial charge in [0.25, 0.3) is 0 Å². The number of nitrogens with one attached hydrogen (secondary N) is 1.